The fraction of sp³-hybridized carbons (Fsp3) is 0.524. The van der Waals surface area contributed by atoms with Crippen molar-refractivity contribution >= 4 is 23.7 Å². The Labute approximate surface area is 168 Å². The van der Waals surface area contributed by atoms with Crippen molar-refractivity contribution in [2.24, 2.45) is 0 Å². The lowest BCUT2D eigenvalue weighted by Gasteiger charge is -2.25. The fourth-order valence-corrected chi connectivity index (χ4v) is 3.71. The molecule has 0 N–H and O–H groups in total. The first-order chi connectivity index (χ1) is 13.5. The summed E-state index contributed by atoms with van der Waals surface area (Å²) in [7, 11) is 0. The minimum Gasteiger partial charge on any atom is -0.461 e. The van der Waals surface area contributed by atoms with Gasteiger partial charge in [-0.1, -0.05) is 12.2 Å². The predicted molar refractivity (Wildman–Crippen MR) is 99.5 cm³/mol. The van der Waals surface area contributed by atoms with Gasteiger partial charge in [-0.25, -0.2) is 9.59 Å². The summed E-state index contributed by atoms with van der Waals surface area (Å²) >= 11 is 0. The first-order valence-corrected chi connectivity index (χ1v) is 9.33. The quantitative estimate of drug-likeness (QED) is 0.302. The molecule has 2 aliphatic heterocycles. The zero-order valence-electron chi connectivity index (χ0n) is 16.9. The van der Waals surface area contributed by atoms with Crippen LogP contribution in [0.4, 0.5) is 0 Å². The molecule has 8 nitrogen and oxygen atoms in total. The van der Waals surface area contributed by atoms with E-state index in [0.717, 1.165) is 0 Å². The maximum atomic E-state index is 12.6. The molecule has 0 spiro atoms. The molecule has 29 heavy (non-hydrogen) atoms. The number of ketones is 1. The van der Waals surface area contributed by atoms with Crippen LogP contribution in [0.2, 0.25) is 0 Å². The van der Waals surface area contributed by atoms with Gasteiger partial charge in [-0.05, 0) is 26.8 Å². The van der Waals surface area contributed by atoms with E-state index >= 15 is 0 Å². The number of allylic oxidation sites excluding steroid dienone is 1. The Hall–Kier alpha value is -2.74. The van der Waals surface area contributed by atoms with E-state index in [1.807, 2.05) is 0 Å². The topological polar surface area (TPSA) is 109 Å². The lowest BCUT2D eigenvalue weighted by Crippen LogP contribution is -2.34. The highest BCUT2D eigenvalue weighted by atomic mass is 16.6. The zero-order valence-corrected chi connectivity index (χ0v) is 16.9. The molecule has 0 bridgehead atoms. The number of carbonyl (C=O) groups is 4. The third-order valence-corrected chi connectivity index (χ3v) is 5.16. The Morgan fingerprint density at radius 3 is 2.62 bits per heavy atom. The van der Waals surface area contributed by atoms with Crippen LogP contribution < -0.4 is 0 Å². The molecule has 0 aromatic carbocycles. The first kappa shape index (κ1) is 21.0. The van der Waals surface area contributed by atoms with Gasteiger partial charge in [-0.15, -0.1) is 0 Å². The SMILES string of the molecule is C=C(C)C(=O)O[C@H]1C/C(C)=C\C(=O)C[C@@]2(C)O[C@H]2[C@H]2OC(=O)C(COC(C)=O)=C12. The van der Waals surface area contributed by atoms with Gasteiger partial charge in [0.05, 0.1) is 5.57 Å². The van der Waals surface area contributed by atoms with Crippen LogP contribution in [-0.2, 0) is 38.1 Å². The molecule has 3 rings (SSSR count). The van der Waals surface area contributed by atoms with Crippen LogP contribution in [0.3, 0.4) is 0 Å². The van der Waals surface area contributed by atoms with Crippen molar-refractivity contribution in [3.63, 3.8) is 0 Å². The number of ether oxygens (including phenoxy) is 4. The third kappa shape index (κ3) is 4.32. The summed E-state index contributed by atoms with van der Waals surface area (Å²) in [5.41, 5.74) is 0.608. The average Bonchev–Trinajstić information content (AvgIpc) is 3.13. The van der Waals surface area contributed by atoms with Crippen LogP contribution in [0.1, 0.15) is 40.5 Å². The van der Waals surface area contributed by atoms with Crippen molar-refractivity contribution in [1.82, 2.24) is 0 Å². The van der Waals surface area contributed by atoms with Crippen molar-refractivity contribution in [2.75, 3.05) is 6.61 Å². The summed E-state index contributed by atoms with van der Waals surface area (Å²) in [6.45, 7) is 9.54. The van der Waals surface area contributed by atoms with Gasteiger partial charge in [-0.2, -0.15) is 0 Å². The maximum absolute atomic E-state index is 12.6. The molecule has 1 fully saturated rings. The number of epoxide rings is 1. The van der Waals surface area contributed by atoms with Crippen LogP contribution in [-0.4, -0.2) is 54.2 Å². The Bertz CT molecular complexity index is 864. The highest BCUT2D eigenvalue weighted by Gasteiger charge is 2.62. The summed E-state index contributed by atoms with van der Waals surface area (Å²) in [5.74, 6) is -1.97. The van der Waals surface area contributed by atoms with Gasteiger partial charge in [0.2, 0.25) is 0 Å². The van der Waals surface area contributed by atoms with E-state index in [9.17, 15) is 19.2 Å². The third-order valence-electron chi connectivity index (χ3n) is 5.16. The molecule has 4 atom stereocenters. The molecule has 1 saturated heterocycles. The number of esters is 3. The van der Waals surface area contributed by atoms with Gasteiger partial charge in [-0.3, -0.25) is 9.59 Å². The first-order valence-electron chi connectivity index (χ1n) is 9.33. The molecular weight excluding hydrogens is 380 g/mol. The summed E-state index contributed by atoms with van der Waals surface area (Å²) in [5, 5.41) is 0. The van der Waals surface area contributed by atoms with Gasteiger partial charge >= 0.3 is 17.9 Å². The average molecular weight is 404 g/mol. The van der Waals surface area contributed by atoms with Crippen molar-refractivity contribution in [3.05, 3.63) is 34.9 Å². The van der Waals surface area contributed by atoms with Crippen LogP contribution in [0.15, 0.2) is 34.9 Å². The monoisotopic (exact) mass is 404 g/mol. The maximum Gasteiger partial charge on any atom is 0.338 e. The smallest absolute Gasteiger partial charge is 0.338 e. The van der Waals surface area contributed by atoms with Crippen molar-refractivity contribution in [1.29, 1.82) is 0 Å². The number of hydrogen-bond acceptors (Lipinski definition) is 8. The molecule has 0 aromatic heterocycles. The molecule has 8 heteroatoms. The summed E-state index contributed by atoms with van der Waals surface area (Å²) in [6, 6.07) is 0. The second-order valence-corrected chi connectivity index (χ2v) is 7.90. The zero-order chi connectivity index (χ0) is 21.5. The number of rotatable bonds is 4. The minimum absolute atomic E-state index is 0.116. The van der Waals surface area contributed by atoms with Gasteiger partial charge in [0.25, 0.3) is 0 Å². The minimum atomic E-state index is -0.892. The molecule has 2 heterocycles. The van der Waals surface area contributed by atoms with Crippen LogP contribution in [0.5, 0.6) is 0 Å². The van der Waals surface area contributed by atoms with Gasteiger partial charge in [0.1, 0.15) is 24.4 Å². The van der Waals surface area contributed by atoms with Crippen molar-refractivity contribution in [3.8, 4) is 0 Å². The Morgan fingerprint density at radius 2 is 2.00 bits per heavy atom. The summed E-state index contributed by atoms with van der Waals surface area (Å²) < 4.78 is 21.9. The van der Waals surface area contributed by atoms with E-state index in [1.54, 1.807) is 13.8 Å². The number of carbonyl (C=O) groups excluding carboxylic acids is 4. The second kappa shape index (κ2) is 7.59. The largest absolute Gasteiger partial charge is 0.461 e. The molecule has 0 radical (unpaired) electrons. The van der Waals surface area contributed by atoms with E-state index in [1.165, 1.54) is 19.9 Å². The summed E-state index contributed by atoms with van der Waals surface area (Å²) in [4.78, 5) is 48.4. The van der Waals surface area contributed by atoms with E-state index < -0.39 is 41.8 Å². The Kier molecular flexibility index (Phi) is 5.49. The van der Waals surface area contributed by atoms with Crippen LogP contribution >= 0.6 is 0 Å². The molecule has 0 saturated carbocycles. The van der Waals surface area contributed by atoms with Gasteiger partial charge in [0, 0.05) is 30.9 Å². The molecule has 0 unspecified atom stereocenters. The van der Waals surface area contributed by atoms with Crippen LogP contribution in [0.25, 0.3) is 0 Å². The lowest BCUT2D eigenvalue weighted by atomic mass is 9.86. The number of fused-ring (bicyclic) bond motifs is 3. The van der Waals surface area contributed by atoms with Gasteiger partial charge < -0.3 is 18.9 Å². The standard InChI is InChI=1S/C21H24O8/c1-10(2)19(24)27-15-7-11(3)6-13(23)8-21(5)18(29-21)17-16(15)14(20(25)28-17)9-26-12(4)22/h6,15,17-18H,1,7-9H2,2-5H3/b11-6-/t15-,17-,18-,21+/m0/s1. The highest BCUT2D eigenvalue weighted by molar-refractivity contribution is 5.95. The van der Waals surface area contributed by atoms with E-state index in [4.69, 9.17) is 18.9 Å². The Balaban J connectivity index is 2.08. The van der Waals surface area contributed by atoms with E-state index in [0.29, 0.717) is 11.1 Å². The van der Waals surface area contributed by atoms with Gasteiger partial charge in [0.15, 0.2) is 11.9 Å². The van der Waals surface area contributed by atoms with Crippen molar-refractivity contribution < 1.29 is 38.1 Å². The fourth-order valence-electron chi connectivity index (χ4n) is 3.71. The molecular formula is C21H24O8. The Morgan fingerprint density at radius 1 is 1.31 bits per heavy atom. The van der Waals surface area contributed by atoms with Crippen LogP contribution in [0, 0.1) is 0 Å². The van der Waals surface area contributed by atoms with E-state index in [2.05, 4.69) is 6.58 Å². The molecule has 3 aliphatic rings. The summed E-state index contributed by atoms with van der Waals surface area (Å²) in [6.07, 6.45) is -0.461. The second-order valence-electron chi connectivity index (χ2n) is 7.90. The molecule has 0 aromatic rings. The predicted octanol–water partition coefficient (Wildman–Crippen LogP) is 1.73. The lowest BCUT2D eigenvalue weighted by molar-refractivity contribution is -0.143. The molecule has 0 amide bonds. The van der Waals surface area contributed by atoms with E-state index in [-0.39, 0.29) is 36.4 Å². The molecule has 1 aliphatic carbocycles. The van der Waals surface area contributed by atoms with Crippen molar-refractivity contribution in [2.45, 2.75) is 64.4 Å². The highest BCUT2D eigenvalue weighted by Crippen LogP contribution is 2.48. The molecule has 156 valence electrons. The number of hydrogen-bond donors (Lipinski definition) is 0. The normalized spacial score (nSPS) is 33.0.